The van der Waals surface area contributed by atoms with Gasteiger partial charge in [0, 0.05) is 18.9 Å². The summed E-state index contributed by atoms with van der Waals surface area (Å²) in [5.74, 6) is 0. The normalized spacial score (nSPS) is 12.7. The van der Waals surface area contributed by atoms with E-state index in [1.807, 2.05) is 19.2 Å². The Hall–Kier alpha value is -1.00. The first-order chi connectivity index (χ1) is 7.15. The molecule has 1 rings (SSSR count). The van der Waals surface area contributed by atoms with Crippen molar-refractivity contribution in [3.05, 3.63) is 30.1 Å². The molecule has 0 saturated carbocycles. The molecule has 0 bridgehead atoms. The molecule has 0 radical (unpaired) electrons. The average molecular weight is 223 g/mol. The van der Waals surface area contributed by atoms with Gasteiger partial charge < -0.3 is 5.73 Å². The summed E-state index contributed by atoms with van der Waals surface area (Å²) < 4.78 is 0. The standard InChI is InChI=1S/C11H17N3S/c1-3-10(11(12)15)14(2)8-9-4-6-13-7-5-9/h4-7,10H,3,8H2,1-2H3,(H2,12,15). The minimum Gasteiger partial charge on any atom is -0.392 e. The van der Waals surface area contributed by atoms with Crippen LogP contribution in [0.2, 0.25) is 0 Å². The summed E-state index contributed by atoms with van der Waals surface area (Å²) in [5, 5.41) is 0. The lowest BCUT2D eigenvalue weighted by molar-refractivity contribution is 0.284. The molecular weight excluding hydrogens is 206 g/mol. The predicted molar refractivity (Wildman–Crippen MR) is 66.6 cm³/mol. The number of hydrogen-bond acceptors (Lipinski definition) is 3. The summed E-state index contributed by atoms with van der Waals surface area (Å²) in [6.07, 6.45) is 4.53. The van der Waals surface area contributed by atoms with Crippen LogP contribution in [0.5, 0.6) is 0 Å². The molecule has 0 amide bonds. The minimum atomic E-state index is 0.174. The number of nitrogens with two attached hydrogens (primary N) is 1. The van der Waals surface area contributed by atoms with Gasteiger partial charge in [0.05, 0.1) is 11.0 Å². The number of pyridine rings is 1. The van der Waals surface area contributed by atoms with Crippen LogP contribution in [0, 0.1) is 0 Å². The van der Waals surface area contributed by atoms with Gasteiger partial charge in [0.2, 0.25) is 0 Å². The Morgan fingerprint density at radius 1 is 1.53 bits per heavy atom. The summed E-state index contributed by atoms with van der Waals surface area (Å²) in [7, 11) is 2.04. The molecule has 1 heterocycles. The Labute approximate surface area is 96.3 Å². The quantitative estimate of drug-likeness (QED) is 0.770. The smallest absolute Gasteiger partial charge is 0.0901 e. The van der Waals surface area contributed by atoms with Gasteiger partial charge in [0.25, 0.3) is 0 Å². The second-order valence-electron chi connectivity index (χ2n) is 3.60. The Kier molecular flexibility index (Phi) is 4.65. The van der Waals surface area contributed by atoms with Crippen molar-refractivity contribution in [1.82, 2.24) is 9.88 Å². The summed E-state index contributed by atoms with van der Waals surface area (Å²) in [5.41, 5.74) is 6.90. The van der Waals surface area contributed by atoms with Crippen molar-refractivity contribution in [3.63, 3.8) is 0 Å². The average Bonchev–Trinajstić information content (AvgIpc) is 2.19. The lowest BCUT2D eigenvalue weighted by atomic mass is 10.1. The lowest BCUT2D eigenvalue weighted by Crippen LogP contribution is -2.40. The van der Waals surface area contributed by atoms with Crippen LogP contribution in [0.15, 0.2) is 24.5 Å². The van der Waals surface area contributed by atoms with E-state index in [0.29, 0.717) is 4.99 Å². The molecule has 1 atom stereocenters. The van der Waals surface area contributed by atoms with E-state index in [1.165, 1.54) is 5.56 Å². The summed E-state index contributed by atoms with van der Waals surface area (Å²) in [4.78, 5) is 6.71. The first-order valence-electron chi connectivity index (χ1n) is 5.03. The van der Waals surface area contributed by atoms with Crippen molar-refractivity contribution in [3.8, 4) is 0 Å². The first-order valence-corrected chi connectivity index (χ1v) is 5.44. The maximum Gasteiger partial charge on any atom is 0.0901 e. The molecule has 0 saturated heterocycles. The van der Waals surface area contributed by atoms with Crippen molar-refractivity contribution < 1.29 is 0 Å². The van der Waals surface area contributed by atoms with Gasteiger partial charge in [-0.2, -0.15) is 0 Å². The number of rotatable bonds is 5. The Morgan fingerprint density at radius 2 is 2.13 bits per heavy atom. The van der Waals surface area contributed by atoms with Gasteiger partial charge in [-0.1, -0.05) is 19.1 Å². The number of hydrogen-bond donors (Lipinski definition) is 1. The topological polar surface area (TPSA) is 42.1 Å². The van der Waals surface area contributed by atoms with Crippen LogP contribution in [0.1, 0.15) is 18.9 Å². The zero-order valence-corrected chi connectivity index (χ0v) is 10.00. The molecule has 1 aromatic rings. The molecular formula is C11H17N3S. The van der Waals surface area contributed by atoms with Crippen LogP contribution in [0.3, 0.4) is 0 Å². The summed E-state index contributed by atoms with van der Waals surface area (Å²) in [6, 6.07) is 4.18. The molecule has 0 aliphatic carbocycles. The Morgan fingerprint density at radius 3 is 2.60 bits per heavy atom. The third-order valence-electron chi connectivity index (χ3n) is 2.43. The molecule has 0 aliphatic heterocycles. The van der Waals surface area contributed by atoms with Crippen LogP contribution in [0.4, 0.5) is 0 Å². The van der Waals surface area contributed by atoms with Gasteiger partial charge >= 0.3 is 0 Å². The van der Waals surface area contributed by atoms with Gasteiger partial charge in [0.1, 0.15) is 0 Å². The van der Waals surface area contributed by atoms with Gasteiger partial charge in [0.15, 0.2) is 0 Å². The van der Waals surface area contributed by atoms with Gasteiger partial charge in [-0.3, -0.25) is 9.88 Å². The van der Waals surface area contributed by atoms with E-state index >= 15 is 0 Å². The summed E-state index contributed by atoms with van der Waals surface area (Å²) in [6.45, 7) is 2.94. The van der Waals surface area contributed by atoms with E-state index in [9.17, 15) is 0 Å². The van der Waals surface area contributed by atoms with Crippen molar-refractivity contribution in [2.45, 2.75) is 25.9 Å². The number of likely N-dealkylation sites (N-methyl/N-ethyl adjacent to an activating group) is 1. The van der Waals surface area contributed by atoms with Crippen LogP contribution >= 0.6 is 12.2 Å². The van der Waals surface area contributed by atoms with E-state index in [0.717, 1.165) is 13.0 Å². The third kappa shape index (κ3) is 3.57. The minimum absolute atomic E-state index is 0.174. The van der Waals surface area contributed by atoms with E-state index in [4.69, 9.17) is 18.0 Å². The lowest BCUT2D eigenvalue weighted by Gasteiger charge is -2.25. The molecule has 1 unspecified atom stereocenters. The van der Waals surface area contributed by atoms with Crippen LogP contribution in [0.25, 0.3) is 0 Å². The molecule has 4 heteroatoms. The number of nitrogens with zero attached hydrogens (tertiary/aromatic N) is 2. The van der Waals surface area contributed by atoms with E-state index < -0.39 is 0 Å². The van der Waals surface area contributed by atoms with Gasteiger partial charge in [-0.05, 0) is 31.2 Å². The zero-order valence-electron chi connectivity index (χ0n) is 9.18. The van der Waals surface area contributed by atoms with Crippen molar-refractivity contribution >= 4 is 17.2 Å². The molecule has 0 aromatic carbocycles. The fourth-order valence-electron chi connectivity index (χ4n) is 1.62. The maximum absolute atomic E-state index is 5.68. The molecule has 0 aliphatic rings. The van der Waals surface area contributed by atoms with E-state index in [2.05, 4.69) is 16.8 Å². The van der Waals surface area contributed by atoms with Crippen molar-refractivity contribution in [2.75, 3.05) is 7.05 Å². The van der Waals surface area contributed by atoms with E-state index in [1.54, 1.807) is 12.4 Å². The number of aromatic nitrogens is 1. The molecule has 0 spiro atoms. The van der Waals surface area contributed by atoms with Crippen molar-refractivity contribution in [2.24, 2.45) is 5.73 Å². The Bertz CT molecular complexity index is 313. The van der Waals surface area contributed by atoms with Crippen LogP contribution in [-0.2, 0) is 6.54 Å². The van der Waals surface area contributed by atoms with Gasteiger partial charge in [-0.15, -0.1) is 0 Å². The fraction of sp³-hybridized carbons (Fsp3) is 0.455. The fourth-order valence-corrected chi connectivity index (χ4v) is 1.96. The van der Waals surface area contributed by atoms with Crippen LogP contribution in [-0.4, -0.2) is 28.0 Å². The van der Waals surface area contributed by atoms with Crippen molar-refractivity contribution in [1.29, 1.82) is 0 Å². The largest absolute Gasteiger partial charge is 0.392 e. The van der Waals surface area contributed by atoms with E-state index in [-0.39, 0.29) is 6.04 Å². The Balaban J connectivity index is 2.62. The monoisotopic (exact) mass is 223 g/mol. The van der Waals surface area contributed by atoms with Crippen LogP contribution < -0.4 is 5.73 Å². The number of thiocarbonyl (C=S) groups is 1. The molecule has 3 nitrogen and oxygen atoms in total. The molecule has 1 aromatic heterocycles. The first kappa shape index (κ1) is 12.1. The predicted octanol–water partition coefficient (Wildman–Crippen LogP) is 1.58. The molecule has 15 heavy (non-hydrogen) atoms. The SMILES string of the molecule is CCC(C(N)=S)N(C)Cc1ccncc1. The highest BCUT2D eigenvalue weighted by Gasteiger charge is 2.15. The zero-order chi connectivity index (χ0) is 11.3. The second kappa shape index (κ2) is 5.78. The second-order valence-corrected chi connectivity index (χ2v) is 4.07. The third-order valence-corrected chi connectivity index (χ3v) is 2.70. The molecule has 0 fully saturated rings. The summed E-state index contributed by atoms with van der Waals surface area (Å²) >= 11 is 5.03. The molecule has 2 N–H and O–H groups in total. The van der Waals surface area contributed by atoms with Gasteiger partial charge in [-0.25, -0.2) is 0 Å². The highest BCUT2D eigenvalue weighted by atomic mass is 32.1. The molecule has 82 valence electrons. The highest BCUT2D eigenvalue weighted by Crippen LogP contribution is 2.08. The maximum atomic E-state index is 5.68. The highest BCUT2D eigenvalue weighted by molar-refractivity contribution is 7.80.